The van der Waals surface area contributed by atoms with Gasteiger partial charge < -0.3 is 15.0 Å². The summed E-state index contributed by atoms with van der Waals surface area (Å²) in [6.45, 7) is 0.685. The van der Waals surface area contributed by atoms with Crippen molar-refractivity contribution < 1.29 is 22.7 Å². The first-order chi connectivity index (χ1) is 15.9. The van der Waals surface area contributed by atoms with Crippen molar-refractivity contribution in [3.8, 4) is 0 Å². The highest BCUT2D eigenvalue weighted by molar-refractivity contribution is 7.99. The number of amides is 1. The van der Waals surface area contributed by atoms with Crippen LogP contribution >= 0.6 is 11.8 Å². The van der Waals surface area contributed by atoms with Crippen LogP contribution in [0.1, 0.15) is 36.0 Å². The fraction of sp³-hybridized carbons (Fsp3) is 0.348. The Hall–Kier alpha value is -2.85. The molecule has 0 spiro atoms. The summed E-state index contributed by atoms with van der Waals surface area (Å²) in [5.41, 5.74) is 0.602. The minimum atomic E-state index is -3.90. The molecule has 2 aliphatic rings. The molecule has 0 aromatic heterocycles. The SMILES string of the molecule is O=C(COC(=O)c1ccc2c(c1)S(=O)(=O)N=C1CCCCCN12)NCCSc1ccccc1. The molecule has 0 atom stereocenters. The monoisotopic (exact) mass is 487 g/mol. The van der Waals surface area contributed by atoms with Gasteiger partial charge in [0.15, 0.2) is 6.61 Å². The first kappa shape index (κ1) is 23.3. The van der Waals surface area contributed by atoms with Gasteiger partial charge in [-0.2, -0.15) is 8.42 Å². The van der Waals surface area contributed by atoms with Crippen LogP contribution in [0.2, 0.25) is 0 Å². The van der Waals surface area contributed by atoms with Crippen LogP contribution in [0.4, 0.5) is 5.69 Å². The fourth-order valence-electron chi connectivity index (χ4n) is 3.75. The molecule has 33 heavy (non-hydrogen) atoms. The third kappa shape index (κ3) is 5.75. The van der Waals surface area contributed by atoms with E-state index < -0.39 is 28.5 Å². The summed E-state index contributed by atoms with van der Waals surface area (Å²) in [5, 5.41) is 2.70. The maximum absolute atomic E-state index is 12.7. The molecule has 1 saturated heterocycles. The molecule has 0 aliphatic carbocycles. The Balaban J connectivity index is 1.33. The summed E-state index contributed by atoms with van der Waals surface area (Å²) < 4.78 is 34.5. The lowest BCUT2D eigenvalue weighted by Gasteiger charge is -2.29. The van der Waals surface area contributed by atoms with Gasteiger partial charge in [-0.15, -0.1) is 16.2 Å². The lowest BCUT2D eigenvalue weighted by Crippen LogP contribution is -2.35. The maximum atomic E-state index is 12.7. The predicted molar refractivity (Wildman–Crippen MR) is 127 cm³/mol. The smallest absolute Gasteiger partial charge is 0.338 e. The van der Waals surface area contributed by atoms with Crippen LogP contribution in [0.5, 0.6) is 0 Å². The van der Waals surface area contributed by atoms with Gasteiger partial charge in [-0.25, -0.2) is 4.79 Å². The van der Waals surface area contributed by atoms with Crippen molar-refractivity contribution in [3.05, 3.63) is 54.1 Å². The first-order valence-corrected chi connectivity index (χ1v) is 13.2. The molecule has 0 radical (unpaired) electrons. The van der Waals surface area contributed by atoms with Gasteiger partial charge >= 0.3 is 5.97 Å². The summed E-state index contributed by atoms with van der Waals surface area (Å²) in [6.07, 6.45) is 3.47. The number of benzene rings is 2. The second-order valence-corrected chi connectivity index (χ2v) is 10.5. The molecule has 2 aromatic carbocycles. The van der Waals surface area contributed by atoms with E-state index in [-0.39, 0.29) is 10.5 Å². The van der Waals surface area contributed by atoms with Crippen LogP contribution < -0.4 is 10.2 Å². The molecular weight excluding hydrogens is 462 g/mol. The van der Waals surface area contributed by atoms with Crippen LogP contribution in [0.3, 0.4) is 0 Å². The fourth-order valence-corrected chi connectivity index (χ4v) is 5.82. The molecule has 2 aromatic rings. The second kappa shape index (κ2) is 10.4. The average molecular weight is 488 g/mol. The topological polar surface area (TPSA) is 105 Å². The number of rotatable bonds is 7. The van der Waals surface area contributed by atoms with Crippen molar-refractivity contribution >= 4 is 45.2 Å². The number of carbonyl (C=O) groups excluding carboxylic acids is 2. The molecular formula is C23H25N3O5S2. The zero-order chi connectivity index (χ0) is 23.3. The standard InChI is InChI=1S/C23H25N3O5S2/c27-22(24-12-14-32-18-7-3-1-4-8-18)16-31-23(28)17-10-11-19-20(15-17)33(29,30)25-21-9-5-2-6-13-26(19)21/h1,3-4,7-8,10-11,15H,2,5-6,9,12-14,16H2,(H,24,27). The molecule has 8 nitrogen and oxygen atoms in total. The minimum absolute atomic E-state index is 0.00927. The molecule has 2 heterocycles. The van der Waals surface area contributed by atoms with Gasteiger partial charge in [0.2, 0.25) is 0 Å². The van der Waals surface area contributed by atoms with E-state index in [0.717, 1.165) is 24.2 Å². The number of hydrogen-bond donors (Lipinski definition) is 1. The maximum Gasteiger partial charge on any atom is 0.338 e. The molecule has 0 saturated carbocycles. The quantitative estimate of drug-likeness (QED) is 0.363. The Bertz CT molecular complexity index is 1170. The van der Waals surface area contributed by atoms with Gasteiger partial charge in [0, 0.05) is 30.2 Å². The molecule has 1 N–H and O–H groups in total. The highest BCUT2D eigenvalue weighted by Crippen LogP contribution is 2.35. The number of carbonyl (C=O) groups is 2. The van der Waals surface area contributed by atoms with Crippen molar-refractivity contribution in [1.82, 2.24) is 5.32 Å². The zero-order valence-corrected chi connectivity index (χ0v) is 19.7. The highest BCUT2D eigenvalue weighted by Gasteiger charge is 2.32. The number of ether oxygens (including phenoxy) is 1. The number of nitrogens with one attached hydrogen (secondary N) is 1. The number of esters is 1. The number of thioether (sulfide) groups is 1. The molecule has 10 heteroatoms. The van der Waals surface area contributed by atoms with E-state index >= 15 is 0 Å². The predicted octanol–water partition coefficient (Wildman–Crippen LogP) is 3.23. The Kier molecular flexibility index (Phi) is 7.34. The van der Waals surface area contributed by atoms with E-state index in [9.17, 15) is 18.0 Å². The van der Waals surface area contributed by atoms with Crippen molar-refractivity contribution in [2.75, 3.05) is 30.3 Å². The van der Waals surface area contributed by atoms with E-state index in [2.05, 4.69) is 9.71 Å². The summed E-state index contributed by atoms with van der Waals surface area (Å²) in [6, 6.07) is 14.3. The number of hydrogen-bond acceptors (Lipinski definition) is 7. The van der Waals surface area contributed by atoms with E-state index in [1.54, 1.807) is 17.8 Å². The average Bonchev–Trinajstić information content (AvgIpc) is 3.05. The number of fused-ring (bicyclic) bond motifs is 3. The molecule has 174 valence electrons. The number of sulfonamides is 1. The molecule has 2 aliphatic heterocycles. The van der Waals surface area contributed by atoms with Crippen LogP contribution in [0.15, 0.2) is 62.7 Å². The number of nitrogens with zero attached hydrogens (tertiary/aromatic N) is 2. The summed E-state index contributed by atoms with van der Waals surface area (Å²) in [7, 11) is -3.90. The molecule has 0 unspecified atom stereocenters. The molecule has 1 fully saturated rings. The van der Waals surface area contributed by atoms with Crippen LogP contribution in [0, 0.1) is 0 Å². The molecule has 0 bridgehead atoms. The normalized spacial score (nSPS) is 16.6. The van der Waals surface area contributed by atoms with E-state index in [4.69, 9.17) is 4.74 Å². The zero-order valence-electron chi connectivity index (χ0n) is 18.0. The van der Waals surface area contributed by atoms with Crippen LogP contribution in [-0.4, -0.2) is 51.6 Å². The van der Waals surface area contributed by atoms with Crippen LogP contribution in [-0.2, 0) is 19.6 Å². The highest BCUT2D eigenvalue weighted by atomic mass is 32.2. The van der Waals surface area contributed by atoms with Crippen molar-refractivity contribution in [2.45, 2.75) is 35.5 Å². The van der Waals surface area contributed by atoms with Crippen molar-refractivity contribution in [3.63, 3.8) is 0 Å². The Labute approximate surface area is 197 Å². The first-order valence-electron chi connectivity index (χ1n) is 10.8. The van der Waals surface area contributed by atoms with E-state index in [1.165, 1.54) is 12.1 Å². The third-order valence-electron chi connectivity index (χ3n) is 5.35. The van der Waals surface area contributed by atoms with Gasteiger partial charge in [-0.05, 0) is 43.2 Å². The third-order valence-corrected chi connectivity index (χ3v) is 7.70. The Morgan fingerprint density at radius 1 is 1.09 bits per heavy atom. The summed E-state index contributed by atoms with van der Waals surface area (Å²) in [5.74, 6) is 0.0667. The van der Waals surface area contributed by atoms with E-state index in [0.29, 0.717) is 36.8 Å². The number of anilines is 1. The van der Waals surface area contributed by atoms with Crippen molar-refractivity contribution in [1.29, 1.82) is 0 Å². The van der Waals surface area contributed by atoms with Gasteiger partial charge in [-0.1, -0.05) is 24.6 Å². The van der Waals surface area contributed by atoms with E-state index in [1.807, 2.05) is 35.2 Å². The lowest BCUT2D eigenvalue weighted by atomic mass is 10.2. The lowest BCUT2D eigenvalue weighted by molar-refractivity contribution is -0.124. The largest absolute Gasteiger partial charge is 0.452 e. The number of amidine groups is 1. The van der Waals surface area contributed by atoms with Crippen molar-refractivity contribution in [2.24, 2.45) is 4.40 Å². The minimum Gasteiger partial charge on any atom is -0.452 e. The summed E-state index contributed by atoms with van der Waals surface area (Å²) >= 11 is 1.61. The van der Waals surface area contributed by atoms with Gasteiger partial charge in [0.05, 0.1) is 11.3 Å². The Morgan fingerprint density at radius 2 is 1.91 bits per heavy atom. The second-order valence-electron chi connectivity index (χ2n) is 7.71. The van der Waals surface area contributed by atoms with Gasteiger partial charge in [0.1, 0.15) is 10.7 Å². The Morgan fingerprint density at radius 3 is 2.73 bits per heavy atom. The molecule has 4 rings (SSSR count). The van der Waals surface area contributed by atoms with Gasteiger partial charge in [-0.3, -0.25) is 4.79 Å². The van der Waals surface area contributed by atoms with Gasteiger partial charge in [0.25, 0.3) is 15.9 Å². The summed E-state index contributed by atoms with van der Waals surface area (Å²) in [4.78, 5) is 27.5. The molecule has 1 amide bonds. The van der Waals surface area contributed by atoms with Crippen LogP contribution in [0.25, 0.3) is 0 Å².